The van der Waals surface area contributed by atoms with Crippen molar-refractivity contribution >= 4 is 46.1 Å². The fourth-order valence-corrected chi connectivity index (χ4v) is 13.2. The molecule has 0 amide bonds. The molecule has 85 heavy (non-hydrogen) atoms. The van der Waals surface area contributed by atoms with Gasteiger partial charge in [0.1, 0.15) is 23.0 Å². The maximum Gasteiger partial charge on any atom is 0.340 e. The molecule has 420 valence electrons. The lowest BCUT2D eigenvalue weighted by Crippen LogP contribution is -2.33. The number of nitrogens with zero attached hydrogens (tertiary/aromatic N) is 4. The van der Waals surface area contributed by atoms with Crippen molar-refractivity contribution in [1.82, 2.24) is 0 Å². The number of fused-ring (bicyclic) bond motifs is 12. The number of hydrogen-bond acceptors (Lipinski definition) is 10. The van der Waals surface area contributed by atoms with Crippen LogP contribution in [0.4, 0.5) is 34.1 Å². The third kappa shape index (κ3) is 8.52. The number of rotatable bonds is 12. The average molecular weight is 1120 g/mol. The molecule has 10 aromatic carbocycles. The van der Waals surface area contributed by atoms with Gasteiger partial charge in [-0.2, -0.15) is 0 Å². The number of hydrogen-bond donors (Lipinski definition) is 0. The van der Waals surface area contributed by atoms with Gasteiger partial charge in [0, 0.05) is 126 Å². The van der Waals surface area contributed by atoms with Gasteiger partial charge in [0.05, 0.1) is 11.1 Å². The molecular weight excluding hydrogens is 1050 g/mol. The van der Waals surface area contributed by atoms with E-state index in [0.29, 0.717) is 47.2 Å². The minimum Gasteiger partial charge on any atom is -0.456 e. The SMILES string of the molecule is Cc1cc2c(cc1N(Cc1ccccc1)c1ccc(C(C)(C)c3ccc(N(Cc4ccccc4)c4cc5c(cc4C)Oc4cc(N(C)C)ccc4C54OC(=O)c5ccccc54)cc3)cc1)C1(OC(=O)c3ccccc31)c1ccc(N(C)C)cc1O2. The topological polar surface area (TPSA) is 84.0 Å². The van der Waals surface area contributed by atoms with Gasteiger partial charge in [-0.25, -0.2) is 9.59 Å². The highest BCUT2D eigenvalue weighted by Gasteiger charge is 2.55. The van der Waals surface area contributed by atoms with Crippen LogP contribution in [0, 0.1) is 13.8 Å². The molecule has 0 aliphatic carbocycles. The van der Waals surface area contributed by atoms with E-state index < -0.39 is 16.6 Å². The predicted octanol–water partition coefficient (Wildman–Crippen LogP) is 16.6. The van der Waals surface area contributed by atoms with Crippen LogP contribution in [-0.4, -0.2) is 40.1 Å². The minimum atomic E-state index is -1.23. The van der Waals surface area contributed by atoms with Gasteiger partial charge in [-0.1, -0.05) is 135 Å². The number of carbonyl (C=O) groups is 2. The molecule has 10 aromatic rings. The van der Waals surface area contributed by atoms with E-state index >= 15 is 0 Å². The van der Waals surface area contributed by atoms with Gasteiger partial charge < -0.3 is 38.5 Å². The highest BCUT2D eigenvalue weighted by atomic mass is 16.6. The maximum absolute atomic E-state index is 14.0. The molecule has 4 aliphatic rings. The second-order valence-corrected chi connectivity index (χ2v) is 23.7. The predicted molar refractivity (Wildman–Crippen MR) is 337 cm³/mol. The summed E-state index contributed by atoms with van der Waals surface area (Å²) in [4.78, 5) is 36.7. The first-order valence-electron chi connectivity index (χ1n) is 28.9. The van der Waals surface area contributed by atoms with E-state index in [0.717, 1.165) is 101 Å². The van der Waals surface area contributed by atoms with Crippen molar-refractivity contribution in [3.63, 3.8) is 0 Å². The molecule has 4 aliphatic heterocycles. The number of carbonyl (C=O) groups excluding carboxylic acids is 2. The molecule has 2 atom stereocenters. The van der Waals surface area contributed by atoms with Crippen molar-refractivity contribution in [1.29, 1.82) is 0 Å². The molecule has 10 nitrogen and oxygen atoms in total. The van der Waals surface area contributed by atoms with E-state index in [1.165, 1.54) is 0 Å². The summed E-state index contributed by atoms with van der Waals surface area (Å²) in [7, 11) is 8.02. The van der Waals surface area contributed by atoms with Crippen LogP contribution < -0.4 is 29.1 Å². The molecule has 2 spiro atoms. The molecule has 0 saturated heterocycles. The first kappa shape index (κ1) is 53.0. The molecule has 0 aromatic heterocycles. The second-order valence-electron chi connectivity index (χ2n) is 23.7. The van der Waals surface area contributed by atoms with Crippen LogP contribution >= 0.6 is 0 Å². The first-order chi connectivity index (χ1) is 41.1. The zero-order chi connectivity index (χ0) is 58.5. The lowest BCUT2D eigenvalue weighted by molar-refractivity contribution is 0.0214. The van der Waals surface area contributed by atoms with Crippen LogP contribution in [0.5, 0.6) is 23.0 Å². The van der Waals surface area contributed by atoms with Gasteiger partial charge in [0.25, 0.3) is 0 Å². The van der Waals surface area contributed by atoms with Crippen molar-refractivity contribution in [3.05, 3.63) is 296 Å². The van der Waals surface area contributed by atoms with Crippen LogP contribution in [0.25, 0.3) is 0 Å². The van der Waals surface area contributed by atoms with Crippen molar-refractivity contribution in [2.75, 3.05) is 47.8 Å². The molecule has 0 saturated carbocycles. The summed E-state index contributed by atoms with van der Waals surface area (Å²) in [6, 6.07) is 75.1. The summed E-state index contributed by atoms with van der Waals surface area (Å²) in [5, 5.41) is 0. The summed E-state index contributed by atoms with van der Waals surface area (Å²) >= 11 is 0. The Bertz CT molecular complexity index is 4040. The lowest BCUT2D eigenvalue weighted by Gasteiger charge is -2.38. The monoisotopic (exact) mass is 1120 g/mol. The average Bonchev–Trinajstić information content (AvgIpc) is 1.90. The van der Waals surface area contributed by atoms with E-state index in [1.807, 2.05) is 123 Å². The Hall–Kier alpha value is -10.1. The molecule has 4 heterocycles. The fourth-order valence-electron chi connectivity index (χ4n) is 13.2. The Morgan fingerprint density at radius 1 is 0.376 bits per heavy atom. The Balaban J connectivity index is 0.825. The van der Waals surface area contributed by atoms with E-state index in [4.69, 9.17) is 18.9 Å². The largest absolute Gasteiger partial charge is 0.456 e. The molecule has 14 rings (SSSR count). The van der Waals surface area contributed by atoms with Gasteiger partial charge >= 0.3 is 11.9 Å². The van der Waals surface area contributed by atoms with Crippen LogP contribution in [0.1, 0.15) is 101 Å². The van der Waals surface area contributed by atoms with Gasteiger partial charge in [-0.15, -0.1) is 0 Å². The molecule has 0 bridgehead atoms. The van der Waals surface area contributed by atoms with Crippen LogP contribution in [0.15, 0.2) is 218 Å². The van der Waals surface area contributed by atoms with E-state index in [9.17, 15) is 9.59 Å². The number of benzene rings is 10. The number of anilines is 6. The summed E-state index contributed by atoms with van der Waals surface area (Å²) in [5.74, 6) is 1.87. The van der Waals surface area contributed by atoms with Gasteiger partial charge in [-0.05, 0) is 132 Å². The first-order valence-corrected chi connectivity index (χ1v) is 28.9. The fraction of sp³-hybridized carbons (Fsp3) is 0.173. The third-order valence-corrected chi connectivity index (χ3v) is 17.8. The summed E-state index contributed by atoms with van der Waals surface area (Å²) in [6.07, 6.45) is 0. The number of esters is 2. The Morgan fingerprint density at radius 2 is 0.729 bits per heavy atom. The van der Waals surface area contributed by atoms with Crippen molar-refractivity contribution < 1.29 is 28.5 Å². The summed E-state index contributed by atoms with van der Waals surface area (Å²) < 4.78 is 27.0. The highest BCUT2D eigenvalue weighted by molar-refractivity contribution is 5.98. The third-order valence-electron chi connectivity index (χ3n) is 17.8. The number of aryl methyl sites for hydroxylation is 2. The molecule has 0 N–H and O–H groups in total. The van der Waals surface area contributed by atoms with E-state index in [-0.39, 0.29) is 11.9 Å². The van der Waals surface area contributed by atoms with E-state index in [2.05, 4.69) is 171 Å². The van der Waals surface area contributed by atoms with Crippen LogP contribution in [0.2, 0.25) is 0 Å². The second kappa shape index (κ2) is 20.1. The van der Waals surface area contributed by atoms with E-state index in [1.54, 1.807) is 0 Å². The molecular formula is C75H64N4O6. The molecule has 0 fully saturated rings. The van der Waals surface area contributed by atoms with Gasteiger partial charge in [0.2, 0.25) is 0 Å². The molecule has 10 heteroatoms. The maximum atomic E-state index is 14.0. The van der Waals surface area contributed by atoms with Crippen molar-refractivity contribution in [2.24, 2.45) is 0 Å². The van der Waals surface area contributed by atoms with Crippen LogP contribution in [-0.2, 0) is 39.2 Å². The van der Waals surface area contributed by atoms with Crippen LogP contribution in [0.3, 0.4) is 0 Å². The normalized spacial score (nSPS) is 16.6. The smallest absolute Gasteiger partial charge is 0.340 e. The van der Waals surface area contributed by atoms with Crippen molar-refractivity contribution in [3.8, 4) is 23.0 Å². The van der Waals surface area contributed by atoms with Gasteiger partial charge in [0.15, 0.2) is 11.2 Å². The zero-order valence-corrected chi connectivity index (χ0v) is 48.9. The van der Waals surface area contributed by atoms with Crippen molar-refractivity contribution in [2.45, 2.75) is 57.4 Å². The molecule has 0 radical (unpaired) electrons. The lowest BCUT2D eigenvalue weighted by atomic mass is 9.77. The zero-order valence-electron chi connectivity index (χ0n) is 48.9. The Kier molecular flexibility index (Phi) is 12.5. The molecule has 2 unspecified atom stereocenters. The summed E-state index contributed by atoms with van der Waals surface area (Å²) in [6.45, 7) is 9.96. The summed E-state index contributed by atoms with van der Waals surface area (Å²) in [5.41, 5.74) is 15.4. The highest BCUT2D eigenvalue weighted by Crippen LogP contribution is 2.60. The van der Waals surface area contributed by atoms with Gasteiger partial charge in [-0.3, -0.25) is 0 Å². The standard InChI is InChI=1S/C75H64N4O6/c1-47-39-67-63(74(59-25-17-15-23-57(59)71(80)84-74)61-37-35-55(76(5)6)41-69(61)82-67)43-65(47)78(45-49-19-11-9-12-20-49)53-31-27-51(28-32-53)73(3,4)52-29-33-54(34-30-52)79(46-50-21-13-10-14-22-50)66-44-64-68(40-48(66)2)83-70-42-56(77(7)8)36-38-62(70)75(64)60-26-18-16-24-58(60)72(81)85-75/h9-44H,45-46H2,1-8H3. The Morgan fingerprint density at radius 3 is 1.12 bits per heavy atom. The number of ether oxygens (including phenoxy) is 4. The minimum absolute atomic E-state index is 0.364. The Labute approximate surface area is 496 Å². The quantitative estimate of drug-likeness (QED) is 0.110.